The molecule has 54 valence electrons. The van der Waals surface area contributed by atoms with Gasteiger partial charge >= 0.3 is 0 Å². The summed E-state index contributed by atoms with van der Waals surface area (Å²) < 4.78 is 4.19. The van der Waals surface area contributed by atoms with Gasteiger partial charge in [0.1, 0.15) is 5.76 Å². The summed E-state index contributed by atoms with van der Waals surface area (Å²) in [5.74, 6) is 0.647. The number of aldehydes is 1. The van der Waals surface area contributed by atoms with Gasteiger partial charge in [0.2, 0.25) is 0 Å². The van der Waals surface area contributed by atoms with Crippen LogP contribution in [0.2, 0.25) is 0 Å². The minimum atomic E-state index is -0.675. The van der Waals surface area contributed by atoms with Gasteiger partial charge in [-0.1, -0.05) is 0 Å². The number of furan rings is 1. The quantitative estimate of drug-likeness (QED) is 0.493. The van der Waals surface area contributed by atoms with E-state index < -0.39 is 4.11 Å². The second-order valence-electron chi connectivity index (χ2n) is 1.69. The third kappa shape index (κ3) is 1.57. The van der Waals surface area contributed by atoms with Gasteiger partial charge in [-0.3, -0.25) is 4.79 Å². The van der Waals surface area contributed by atoms with Crippen LogP contribution in [-0.2, 0) is 0 Å². The monoisotopic (exact) mass is 252 g/mol. The maximum atomic E-state index is 10.1. The van der Waals surface area contributed by atoms with E-state index in [0.717, 1.165) is 0 Å². The Morgan fingerprint density at radius 1 is 1.70 bits per heavy atom. The molecule has 0 saturated carbocycles. The average molecular weight is 252 g/mol. The van der Waals surface area contributed by atoms with E-state index in [0.29, 0.717) is 12.0 Å². The summed E-state index contributed by atoms with van der Waals surface area (Å²) in [5.41, 5.74) is 0. The number of alkyl halides is 1. The molecule has 0 aromatic carbocycles. The second kappa shape index (κ2) is 3.16. The molecule has 0 radical (unpaired) electrons. The number of halogens is 1. The van der Waals surface area contributed by atoms with Crippen molar-refractivity contribution in [3.05, 3.63) is 23.7 Å². The highest BCUT2D eigenvalue weighted by Crippen LogP contribution is 2.20. The van der Waals surface area contributed by atoms with Crippen LogP contribution in [0, 0.1) is 0 Å². The highest BCUT2D eigenvalue weighted by molar-refractivity contribution is 14.1. The maximum Gasteiger partial charge on any atom is 0.185 e. The lowest BCUT2D eigenvalue weighted by Crippen LogP contribution is -1.80. The summed E-state index contributed by atoms with van der Waals surface area (Å²) in [6.45, 7) is 0. The molecule has 0 fully saturated rings. The van der Waals surface area contributed by atoms with E-state index in [-0.39, 0.29) is 5.76 Å². The lowest BCUT2D eigenvalue weighted by molar-refractivity contribution is 0.109. The van der Waals surface area contributed by atoms with Crippen molar-refractivity contribution in [3.63, 3.8) is 0 Å². The molecule has 1 N–H and O–H groups in total. The van der Waals surface area contributed by atoms with Crippen molar-refractivity contribution in [1.82, 2.24) is 0 Å². The van der Waals surface area contributed by atoms with Gasteiger partial charge in [0, 0.05) is 0 Å². The van der Waals surface area contributed by atoms with Gasteiger partial charge in [0.25, 0.3) is 0 Å². The van der Waals surface area contributed by atoms with E-state index in [1.807, 2.05) is 0 Å². The molecule has 4 heteroatoms. The molecule has 1 heterocycles. The number of rotatable bonds is 2. The SMILES string of the molecule is O=Cc1ccc(C(O)I)o1. The molecule has 1 atom stereocenters. The van der Waals surface area contributed by atoms with Gasteiger partial charge in [0.15, 0.2) is 16.2 Å². The lowest BCUT2D eigenvalue weighted by Gasteiger charge is -1.93. The zero-order chi connectivity index (χ0) is 7.56. The van der Waals surface area contributed by atoms with E-state index in [1.165, 1.54) is 6.07 Å². The standard InChI is InChI=1S/C6H5IO3/c7-6(9)5-2-1-4(3-8)10-5/h1-3,6,9H. The summed E-state index contributed by atoms with van der Waals surface area (Å²) in [6.07, 6.45) is 0.600. The zero-order valence-corrected chi connectivity index (χ0v) is 7.11. The maximum absolute atomic E-state index is 10.1. The molecule has 1 rings (SSSR count). The molecule has 0 aliphatic heterocycles. The first kappa shape index (κ1) is 7.74. The lowest BCUT2D eigenvalue weighted by atomic mass is 10.4. The molecule has 0 aliphatic rings. The minimum Gasteiger partial charge on any atom is -0.455 e. The van der Waals surface area contributed by atoms with E-state index in [4.69, 9.17) is 9.52 Å². The molecule has 0 spiro atoms. The minimum absolute atomic E-state index is 0.241. The smallest absolute Gasteiger partial charge is 0.185 e. The van der Waals surface area contributed by atoms with Gasteiger partial charge < -0.3 is 9.52 Å². The number of aliphatic hydroxyl groups excluding tert-OH is 1. The van der Waals surface area contributed by atoms with Gasteiger partial charge in [-0.25, -0.2) is 0 Å². The van der Waals surface area contributed by atoms with E-state index in [9.17, 15) is 4.79 Å². The summed E-state index contributed by atoms with van der Waals surface area (Å²) in [5, 5.41) is 8.91. The predicted molar refractivity (Wildman–Crippen MR) is 43.1 cm³/mol. The summed E-state index contributed by atoms with van der Waals surface area (Å²) in [7, 11) is 0. The number of hydrogen-bond donors (Lipinski definition) is 1. The Balaban J connectivity index is 2.88. The highest BCUT2D eigenvalue weighted by Gasteiger charge is 2.06. The molecule has 1 aromatic rings. The largest absolute Gasteiger partial charge is 0.455 e. The van der Waals surface area contributed by atoms with E-state index >= 15 is 0 Å². The number of carbonyl (C=O) groups excluding carboxylic acids is 1. The van der Waals surface area contributed by atoms with Crippen LogP contribution in [0.15, 0.2) is 16.5 Å². The van der Waals surface area contributed by atoms with Crippen molar-refractivity contribution >= 4 is 28.9 Å². The van der Waals surface area contributed by atoms with Gasteiger partial charge in [0.05, 0.1) is 0 Å². The Morgan fingerprint density at radius 2 is 2.40 bits per heavy atom. The van der Waals surface area contributed by atoms with Crippen LogP contribution in [0.25, 0.3) is 0 Å². The van der Waals surface area contributed by atoms with Crippen LogP contribution < -0.4 is 0 Å². The fourth-order valence-electron chi connectivity index (χ4n) is 0.560. The third-order valence-corrected chi connectivity index (χ3v) is 1.61. The van der Waals surface area contributed by atoms with Crippen molar-refractivity contribution in [1.29, 1.82) is 0 Å². The first-order valence-corrected chi connectivity index (χ1v) is 3.85. The zero-order valence-electron chi connectivity index (χ0n) is 4.95. The Labute approximate surface area is 71.2 Å². The predicted octanol–water partition coefficient (Wildman–Crippen LogP) is 1.52. The molecule has 0 saturated heterocycles. The van der Waals surface area contributed by atoms with Crippen LogP contribution in [0.1, 0.15) is 20.4 Å². The number of aliphatic hydroxyl groups is 1. The summed E-state index contributed by atoms with van der Waals surface area (Å²) >= 11 is 1.78. The average Bonchev–Trinajstić information content (AvgIpc) is 2.34. The molecule has 0 amide bonds. The molecule has 0 aliphatic carbocycles. The van der Waals surface area contributed by atoms with Crippen LogP contribution in [0.4, 0.5) is 0 Å². The first-order valence-electron chi connectivity index (χ1n) is 2.61. The Morgan fingerprint density at radius 3 is 2.70 bits per heavy atom. The fourth-order valence-corrected chi connectivity index (χ4v) is 0.894. The van der Waals surface area contributed by atoms with Crippen molar-refractivity contribution < 1.29 is 14.3 Å². The van der Waals surface area contributed by atoms with Crippen LogP contribution in [0.3, 0.4) is 0 Å². The van der Waals surface area contributed by atoms with Gasteiger partial charge in [-0.2, -0.15) is 0 Å². The van der Waals surface area contributed by atoms with Gasteiger partial charge in [-0.15, -0.1) is 0 Å². The highest BCUT2D eigenvalue weighted by atomic mass is 127. The topological polar surface area (TPSA) is 50.4 Å². The van der Waals surface area contributed by atoms with Crippen molar-refractivity contribution in [3.8, 4) is 0 Å². The molecule has 1 unspecified atom stereocenters. The molecule has 1 aromatic heterocycles. The van der Waals surface area contributed by atoms with Crippen LogP contribution in [0.5, 0.6) is 0 Å². The van der Waals surface area contributed by atoms with Gasteiger partial charge in [-0.05, 0) is 34.7 Å². The normalized spacial score (nSPS) is 13.0. The Hall–Kier alpha value is -0.360. The third-order valence-electron chi connectivity index (χ3n) is 0.999. The molecular formula is C6H5IO3. The fraction of sp³-hybridized carbons (Fsp3) is 0.167. The van der Waals surface area contributed by atoms with E-state index in [1.54, 1.807) is 28.7 Å². The van der Waals surface area contributed by atoms with Crippen molar-refractivity contribution in [2.45, 2.75) is 4.11 Å². The second-order valence-corrected chi connectivity index (χ2v) is 2.87. The number of hydrogen-bond acceptors (Lipinski definition) is 3. The van der Waals surface area contributed by atoms with Crippen LogP contribution in [-0.4, -0.2) is 11.4 Å². The number of carbonyl (C=O) groups is 1. The van der Waals surface area contributed by atoms with Crippen molar-refractivity contribution in [2.24, 2.45) is 0 Å². The molecular weight excluding hydrogens is 247 g/mol. The molecule has 10 heavy (non-hydrogen) atoms. The summed E-state index contributed by atoms with van der Waals surface area (Å²) in [4.78, 5) is 10.1. The first-order chi connectivity index (χ1) is 4.74. The molecule has 0 bridgehead atoms. The summed E-state index contributed by atoms with van der Waals surface area (Å²) in [6, 6.07) is 3.09. The van der Waals surface area contributed by atoms with Crippen molar-refractivity contribution in [2.75, 3.05) is 0 Å². The Kier molecular flexibility index (Phi) is 2.44. The van der Waals surface area contributed by atoms with Crippen LogP contribution >= 0.6 is 22.6 Å². The van der Waals surface area contributed by atoms with E-state index in [2.05, 4.69) is 0 Å². The molecule has 3 nitrogen and oxygen atoms in total. The Bertz CT molecular complexity index is 229.